The standard InChI is InChI=1S/C17H17FN4OS/c18-13-2-3-14-15(10-13)24-17(21-14)22-8-4-12(5-9-22)11-23-16-19-6-1-7-20-16/h1-3,6-7,10,12H,4-5,8-9,11H2. The molecule has 1 aliphatic heterocycles. The lowest BCUT2D eigenvalue weighted by Crippen LogP contribution is -2.35. The van der Waals surface area contributed by atoms with Crippen LogP contribution in [0.15, 0.2) is 36.7 Å². The number of rotatable bonds is 4. The second kappa shape index (κ2) is 6.68. The lowest BCUT2D eigenvalue weighted by Gasteiger charge is -2.31. The van der Waals surface area contributed by atoms with E-state index >= 15 is 0 Å². The average Bonchev–Trinajstić information content (AvgIpc) is 3.04. The van der Waals surface area contributed by atoms with Gasteiger partial charge < -0.3 is 9.64 Å². The van der Waals surface area contributed by atoms with Crippen LogP contribution in [0.2, 0.25) is 0 Å². The molecule has 0 amide bonds. The second-order valence-corrected chi connectivity index (χ2v) is 6.89. The van der Waals surface area contributed by atoms with Gasteiger partial charge in [-0.15, -0.1) is 0 Å². The quantitative estimate of drug-likeness (QED) is 0.725. The number of halogens is 1. The van der Waals surface area contributed by atoms with Crippen molar-refractivity contribution in [2.24, 2.45) is 5.92 Å². The third kappa shape index (κ3) is 3.31. The lowest BCUT2D eigenvalue weighted by molar-refractivity contribution is 0.208. The maximum atomic E-state index is 13.3. The molecule has 0 aliphatic carbocycles. The van der Waals surface area contributed by atoms with Crippen LogP contribution < -0.4 is 9.64 Å². The van der Waals surface area contributed by atoms with Gasteiger partial charge in [-0.25, -0.2) is 19.3 Å². The first-order valence-corrected chi connectivity index (χ1v) is 8.80. The van der Waals surface area contributed by atoms with E-state index in [0.717, 1.165) is 41.3 Å². The highest BCUT2D eigenvalue weighted by molar-refractivity contribution is 7.22. The van der Waals surface area contributed by atoms with Crippen molar-refractivity contribution in [1.29, 1.82) is 0 Å². The summed E-state index contributed by atoms with van der Waals surface area (Å²) in [6.45, 7) is 2.51. The van der Waals surface area contributed by atoms with Crippen LogP contribution in [0.5, 0.6) is 6.01 Å². The first-order chi connectivity index (χ1) is 11.8. The van der Waals surface area contributed by atoms with Crippen LogP contribution in [0, 0.1) is 11.7 Å². The molecule has 0 radical (unpaired) electrons. The number of nitrogens with zero attached hydrogens (tertiary/aromatic N) is 4. The molecular formula is C17H17FN4OS. The van der Waals surface area contributed by atoms with E-state index in [0.29, 0.717) is 18.5 Å². The molecule has 0 bridgehead atoms. The first-order valence-electron chi connectivity index (χ1n) is 7.99. The minimum atomic E-state index is -0.211. The summed E-state index contributed by atoms with van der Waals surface area (Å²) in [6, 6.07) is 6.96. The SMILES string of the molecule is Fc1ccc2nc(N3CCC(COc4ncccn4)CC3)sc2c1. The first kappa shape index (κ1) is 15.3. The van der Waals surface area contributed by atoms with Crippen molar-refractivity contribution in [3.8, 4) is 6.01 Å². The van der Waals surface area contributed by atoms with Crippen LogP contribution in [-0.2, 0) is 0 Å². The van der Waals surface area contributed by atoms with Crippen molar-refractivity contribution in [2.75, 3.05) is 24.6 Å². The number of thiazole rings is 1. The molecule has 24 heavy (non-hydrogen) atoms. The second-order valence-electron chi connectivity index (χ2n) is 5.88. The van der Waals surface area contributed by atoms with Crippen molar-refractivity contribution in [2.45, 2.75) is 12.8 Å². The predicted octanol–water partition coefficient (Wildman–Crippen LogP) is 3.52. The summed E-state index contributed by atoms with van der Waals surface area (Å²) in [5.74, 6) is 0.286. The van der Waals surface area contributed by atoms with E-state index in [2.05, 4.69) is 19.9 Å². The monoisotopic (exact) mass is 344 g/mol. The molecule has 1 aromatic carbocycles. The summed E-state index contributed by atoms with van der Waals surface area (Å²) in [5.41, 5.74) is 0.864. The number of hydrogen-bond acceptors (Lipinski definition) is 6. The Hall–Kier alpha value is -2.28. The predicted molar refractivity (Wildman–Crippen MR) is 92.0 cm³/mol. The minimum Gasteiger partial charge on any atom is -0.463 e. The molecule has 0 spiro atoms. The van der Waals surface area contributed by atoms with E-state index in [-0.39, 0.29) is 5.82 Å². The third-order valence-corrected chi connectivity index (χ3v) is 5.29. The Morgan fingerprint density at radius 1 is 1.21 bits per heavy atom. The zero-order valence-electron chi connectivity index (χ0n) is 13.1. The van der Waals surface area contributed by atoms with Crippen molar-refractivity contribution < 1.29 is 9.13 Å². The Balaban J connectivity index is 1.35. The fourth-order valence-corrected chi connectivity index (χ4v) is 3.91. The summed E-state index contributed by atoms with van der Waals surface area (Å²) in [7, 11) is 0. The number of hydrogen-bond donors (Lipinski definition) is 0. The van der Waals surface area contributed by atoms with E-state index in [1.165, 1.54) is 6.07 Å². The van der Waals surface area contributed by atoms with Gasteiger partial charge in [0.05, 0.1) is 16.8 Å². The molecule has 1 fully saturated rings. The van der Waals surface area contributed by atoms with E-state index in [4.69, 9.17) is 4.74 Å². The normalized spacial score (nSPS) is 15.8. The molecule has 7 heteroatoms. The highest BCUT2D eigenvalue weighted by atomic mass is 32.1. The van der Waals surface area contributed by atoms with Crippen LogP contribution in [0.3, 0.4) is 0 Å². The molecule has 3 aromatic rings. The molecule has 1 saturated heterocycles. The fraction of sp³-hybridized carbons (Fsp3) is 0.353. The Morgan fingerprint density at radius 2 is 2.00 bits per heavy atom. The minimum absolute atomic E-state index is 0.211. The zero-order valence-corrected chi connectivity index (χ0v) is 13.9. The van der Waals surface area contributed by atoms with Crippen molar-refractivity contribution in [1.82, 2.24) is 15.0 Å². The third-order valence-electron chi connectivity index (χ3n) is 4.21. The topological polar surface area (TPSA) is 51.1 Å². The Labute approximate surface area is 143 Å². The smallest absolute Gasteiger partial charge is 0.316 e. The highest BCUT2D eigenvalue weighted by Gasteiger charge is 2.22. The maximum absolute atomic E-state index is 13.3. The number of piperidine rings is 1. The highest BCUT2D eigenvalue weighted by Crippen LogP contribution is 2.31. The molecule has 0 unspecified atom stereocenters. The van der Waals surface area contributed by atoms with E-state index in [1.807, 2.05) is 0 Å². The molecule has 1 aliphatic rings. The van der Waals surface area contributed by atoms with Gasteiger partial charge in [-0.05, 0) is 43.0 Å². The van der Waals surface area contributed by atoms with Gasteiger partial charge in [-0.1, -0.05) is 11.3 Å². The summed E-state index contributed by atoms with van der Waals surface area (Å²) < 4.78 is 19.9. The van der Waals surface area contributed by atoms with Crippen LogP contribution in [0.4, 0.5) is 9.52 Å². The molecule has 2 aromatic heterocycles. The molecule has 0 saturated carbocycles. The largest absolute Gasteiger partial charge is 0.463 e. The van der Waals surface area contributed by atoms with Crippen molar-refractivity contribution in [3.63, 3.8) is 0 Å². The molecule has 5 nitrogen and oxygen atoms in total. The summed E-state index contributed by atoms with van der Waals surface area (Å²) in [5, 5.41) is 0.973. The molecule has 124 valence electrons. The number of anilines is 1. The van der Waals surface area contributed by atoms with E-state index in [1.54, 1.807) is 41.9 Å². The number of fused-ring (bicyclic) bond motifs is 1. The van der Waals surface area contributed by atoms with Crippen molar-refractivity contribution >= 4 is 26.7 Å². The van der Waals surface area contributed by atoms with Gasteiger partial charge in [0, 0.05) is 25.5 Å². The van der Waals surface area contributed by atoms with Gasteiger partial charge >= 0.3 is 6.01 Å². The van der Waals surface area contributed by atoms with Gasteiger partial charge in [0.25, 0.3) is 0 Å². The zero-order chi connectivity index (χ0) is 16.4. The van der Waals surface area contributed by atoms with Gasteiger partial charge in [0.15, 0.2) is 5.13 Å². The van der Waals surface area contributed by atoms with E-state index in [9.17, 15) is 4.39 Å². The fourth-order valence-electron chi connectivity index (χ4n) is 2.86. The molecular weight excluding hydrogens is 327 g/mol. The number of aromatic nitrogens is 3. The lowest BCUT2D eigenvalue weighted by atomic mass is 9.98. The number of benzene rings is 1. The van der Waals surface area contributed by atoms with Crippen LogP contribution >= 0.6 is 11.3 Å². The van der Waals surface area contributed by atoms with Crippen LogP contribution in [0.1, 0.15) is 12.8 Å². The van der Waals surface area contributed by atoms with Gasteiger partial charge in [0.1, 0.15) is 5.82 Å². The summed E-state index contributed by atoms with van der Waals surface area (Å²) in [4.78, 5) is 15.0. The van der Waals surface area contributed by atoms with Gasteiger partial charge in [-0.3, -0.25) is 0 Å². The summed E-state index contributed by atoms with van der Waals surface area (Å²) in [6.07, 6.45) is 5.44. The van der Waals surface area contributed by atoms with Gasteiger partial charge in [0.2, 0.25) is 0 Å². The molecule has 0 N–H and O–H groups in total. The van der Waals surface area contributed by atoms with Crippen molar-refractivity contribution in [3.05, 3.63) is 42.5 Å². The van der Waals surface area contributed by atoms with Gasteiger partial charge in [-0.2, -0.15) is 0 Å². The average molecular weight is 344 g/mol. The van der Waals surface area contributed by atoms with E-state index < -0.39 is 0 Å². The summed E-state index contributed by atoms with van der Waals surface area (Å²) >= 11 is 1.55. The molecule has 4 rings (SSSR count). The van der Waals surface area contributed by atoms with Crippen LogP contribution in [0.25, 0.3) is 10.2 Å². The molecule has 3 heterocycles. The Bertz CT molecular complexity index is 818. The maximum Gasteiger partial charge on any atom is 0.316 e. The Morgan fingerprint density at radius 3 is 2.79 bits per heavy atom. The van der Waals surface area contributed by atoms with Crippen LogP contribution in [-0.4, -0.2) is 34.6 Å². The Kier molecular flexibility index (Phi) is 4.25. The number of ether oxygens (including phenoxy) is 1. The molecule has 0 atom stereocenters.